The van der Waals surface area contributed by atoms with Gasteiger partial charge in [0.2, 0.25) is 0 Å². The van der Waals surface area contributed by atoms with Crippen molar-refractivity contribution >= 4 is 23.2 Å². The van der Waals surface area contributed by atoms with Gasteiger partial charge in [-0.05, 0) is 48.9 Å². The van der Waals surface area contributed by atoms with Crippen LogP contribution in [0.15, 0.2) is 36.4 Å². The Morgan fingerprint density at radius 2 is 1.84 bits per heavy atom. The summed E-state index contributed by atoms with van der Waals surface area (Å²) in [6.07, 6.45) is 0. The van der Waals surface area contributed by atoms with Gasteiger partial charge >= 0.3 is 0 Å². The molecule has 0 heterocycles. The smallest absolute Gasteiger partial charge is 0.126 e. The fourth-order valence-corrected chi connectivity index (χ4v) is 2.60. The first-order chi connectivity index (χ1) is 9.02. The van der Waals surface area contributed by atoms with Crippen molar-refractivity contribution in [2.24, 2.45) is 0 Å². The molecule has 1 atom stereocenters. The van der Waals surface area contributed by atoms with Crippen molar-refractivity contribution in [3.63, 3.8) is 0 Å². The molecule has 0 bridgehead atoms. The van der Waals surface area contributed by atoms with Crippen LogP contribution >= 0.6 is 23.2 Å². The fourth-order valence-electron chi connectivity index (χ4n) is 2.08. The molecule has 0 radical (unpaired) electrons. The van der Waals surface area contributed by atoms with Crippen molar-refractivity contribution in [1.29, 1.82) is 0 Å². The second-order valence-electron chi connectivity index (χ2n) is 4.40. The number of halogens is 3. The average molecular weight is 298 g/mol. The molecule has 2 aromatic carbocycles. The predicted molar refractivity (Wildman–Crippen MR) is 78.5 cm³/mol. The summed E-state index contributed by atoms with van der Waals surface area (Å²) in [7, 11) is 1.84. The van der Waals surface area contributed by atoms with E-state index in [9.17, 15) is 4.39 Å². The van der Waals surface area contributed by atoms with Gasteiger partial charge in [0.25, 0.3) is 0 Å². The highest BCUT2D eigenvalue weighted by molar-refractivity contribution is 6.35. The molecule has 0 aliphatic rings. The van der Waals surface area contributed by atoms with E-state index in [0.29, 0.717) is 15.6 Å². The molecule has 100 valence electrons. The van der Waals surface area contributed by atoms with E-state index in [1.807, 2.05) is 19.2 Å². The number of hydrogen-bond acceptors (Lipinski definition) is 1. The molecule has 0 spiro atoms. The molecule has 0 amide bonds. The van der Waals surface area contributed by atoms with Crippen LogP contribution in [0.5, 0.6) is 0 Å². The van der Waals surface area contributed by atoms with E-state index in [0.717, 1.165) is 11.1 Å². The lowest BCUT2D eigenvalue weighted by Crippen LogP contribution is -2.18. The average Bonchev–Trinajstić information content (AvgIpc) is 2.37. The first-order valence-electron chi connectivity index (χ1n) is 5.91. The monoisotopic (exact) mass is 297 g/mol. The molecule has 2 rings (SSSR count). The largest absolute Gasteiger partial charge is 0.309 e. The quantitative estimate of drug-likeness (QED) is 0.862. The Kier molecular flexibility index (Phi) is 4.46. The zero-order chi connectivity index (χ0) is 14.0. The van der Waals surface area contributed by atoms with Crippen LogP contribution in [-0.4, -0.2) is 7.05 Å². The van der Waals surface area contributed by atoms with Crippen molar-refractivity contribution in [3.05, 3.63) is 69.0 Å². The topological polar surface area (TPSA) is 12.0 Å². The number of aryl methyl sites for hydroxylation is 1. The van der Waals surface area contributed by atoms with Crippen LogP contribution in [0.2, 0.25) is 10.0 Å². The number of rotatable bonds is 3. The first kappa shape index (κ1) is 14.3. The Morgan fingerprint density at radius 3 is 2.42 bits per heavy atom. The van der Waals surface area contributed by atoms with Crippen molar-refractivity contribution in [1.82, 2.24) is 5.32 Å². The molecular weight excluding hydrogens is 284 g/mol. The lowest BCUT2D eigenvalue weighted by atomic mass is 9.97. The van der Waals surface area contributed by atoms with Gasteiger partial charge in [-0.15, -0.1) is 0 Å². The summed E-state index contributed by atoms with van der Waals surface area (Å²) in [5.41, 5.74) is 2.49. The molecular formula is C15H14Cl2FN. The first-order valence-corrected chi connectivity index (χ1v) is 6.66. The third-order valence-corrected chi connectivity index (χ3v) is 3.64. The Balaban J connectivity index is 2.46. The lowest BCUT2D eigenvalue weighted by Gasteiger charge is -2.19. The standard InChI is InChI=1S/C15H14Cl2FN/c1-9-7-10(3-6-14(9)18)15(19-2)12-5-4-11(16)8-13(12)17/h3-8,15,19H,1-2H3. The minimum Gasteiger partial charge on any atom is -0.309 e. The van der Waals surface area contributed by atoms with Crippen LogP contribution in [0.3, 0.4) is 0 Å². The maximum atomic E-state index is 13.3. The summed E-state index contributed by atoms with van der Waals surface area (Å²) in [4.78, 5) is 0. The van der Waals surface area contributed by atoms with Crippen LogP contribution in [-0.2, 0) is 0 Å². The summed E-state index contributed by atoms with van der Waals surface area (Å²) >= 11 is 12.1. The minimum absolute atomic E-state index is 0.0935. The zero-order valence-electron chi connectivity index (χ0n) is 10.7. The van der Waals surface area contributed by atoms with E-state index < -0.39 is 0 Å². The van der Waals surface area contributed by atoms with E-state index in [2.05, 4.69) is 5.32 Å². The Bertz CT molecular complexity index is 599. The molecule has 1 N–H and O–H groups in total. The summed E-state index contributed by atoms with van der Waals surface area (Å²) in [5.74, 6) is -0.208. The summed E-state index contributed by atoms with van der Waals surface area (Å²) in [5, 5.41) is 4.38. The van der Waals surface area contributed by atoms with Gasteiger partial charge in [0.1, 0.15) is 5.82 Å². The molecule has 0 saturated carbocycles. The van der Waals surface area contributed by atoms with E-state index >= 15 is 0 Å². The predicted octanol–water partition coefficient (Wildman–Crippen LogP) is 4.75. The fraction of sp³-hybridized carbons (Fsp3) is 0.200. The molecule has 1 unspecified atom stereocenters. The highest BCUT2D eigenvalue weighted by Gasteiger charge is 2.16. The third-order valence-electron chi connectivity index (χ3n) is 3.08. The van der Waals surface area contributed by atoms with Crippen LogP contribution in [0.1, 0.15) is 22.7 Å². The van der Waals surface area contributed by atoms with E-state index in [-0.39, 0.29) is 11.9 Å². The van der Waals surface area contributed by atoms with Gasteiger partial charge < -0.3 is 5.32 Å². The van der Waals surface area contributed by atoms with Gasteiger partial charge in [-0.25, -0.2) is 4.39 Å². The Hall–Kier alpha value is -1.09. The molecule has 0 saturated heterocycles. The SMILES string of the molecule is CNC(c1ccc(F)c(C)c1)c1ccc(Cl)cc1Cl. The second kappa shape index (κ2) is 5.91. The van der Waals surface area contributed by atoms with Crippen molar-refractivity contribution < 1.29 is 4.39 Å². The second-order valence-corrected chi connectivity index (χ2v) is 5.24. The highest BCUT2D eigenvalue weighted by atomic mass is 35.5. The Labute approximate surface area is 122 Å². The van der Waals surface area contributed by atoms with Gasteiger partial charge in [-0.2, -0.15) is 0 Å². The van der Waals surface area contributed by atoms with E-state index in [4.69, 9.17) is 23.2 Å². The van der Waals surface area contributed by atoms with Gasteiger partial charge in [0, 0.05) is 10.0 Å². The molecule has 0 aliphatic carbocycles. The van der Waals surface area contributed by atoms with Gasteiger partial charge in [0.15, 0.2) is 0 Å². The number of benzene rings is 2. The van der Waals surface area contributed by atoms with Crippen LogP contribution in [0.25, 0.3) is 0 Å². The summed E-state index contributed by atoms with van der Waals surface area (Å²) in [6.45, 7) is 1.75. The number of hydrogen-bond donors (Lipinski definition) is 1. The lowest BCUT2D eigenvalue weighted by molar-refractivity contribution is 0.614. The van der Waals surface area contributed by atoms with Crippen LogP contribution in [0.4, 0.5) is 4.39 Å². The molecule has 0 aliphatic heterocycles. The van der Waals surface area contributed by atoms with Gasteiger partial charge in [-0.1, -0.05) is 41.4 Å². The van der Waals surface area contributed by atoms with Crippen LogP contribution in [0, 0.1) is 12.7 Å². The van der Waals surface area contributed by atoms with Crippen molar-refractivity contribution in [2.75, 3.05) is 7.05 Å². The van der Waals surface area contributed by atoms with Crippen LogP contribution < -0.4 is 5.32 Å². The maximum Gasteiger partial charge on any atom is 0.126 e. The summed E-state index contributed by atoms with van der Waals surface area (Å²) < 4.78 is 13.3. The molecule has 4 heteroatoms. The number of nitrogens with one attached hydrogen (secondary N) is 1. The van der Waals surface area contributed by atoms with Crippen molar-refractivity contribution in [2.45, 2.75) is 13.0 Å². The molecule has 1 nitrogen and oxygen atoms in total. The zero-order valence-corrected chi connectivity index (χ0v) is 12.2. The molecule has 19 heavy (non-hydrogen) atoms. The van der Waals surface area contributed by atoms with Crippen molar-refractivity contribution in [3.8, 4) is 0 Å². The summed E-state index contributed by atoms with van der Waals surface area (Å²) in [6, 6.07) is 10.3. The molecule has 0 aromatic heterocycles. The third kappa shape index (κ3) is 3.08. The highest BCUT2D eigenvalue weighted by Crippen LogP contribution is 2.30. The maximum absolute atomic E-state index is 13.3. The molecule has 0 fully saturated rings. The minimum atomic E-state index is -0.208. The van der Waals surface area contributed by atoms with Gasteiger partial charge in [-0.3, -0.25) is 0 Å². The normalized spacial score (nSPS) is 12.5. The molecule has 2 aromatic rings. The van der Waals surface area contributed by atoms with Gasteiger partial charge in [0.05, 0.1) is 6.04 Å². The van der Waals surface area contributed by atoms with E-state index in [1.165, 1.54) is 6.07 Å². The van der Waals surface area contributed by atoms with E-state index in [1.54, 1.807) is 25.1 Å². The Morgan fingerprint density at radius 1 is 1.11 bits per heavy atom.